The number of carboxylic acids is 1. The highest BCUT2D eigenvalue weighted by Gasteiger charge is 2.13. The third-order valence-corrected chi connectivity index (χ3v) is 2.01. The van der Waals surface area contributed by atoms with E-state index >= 15 is 0 Å². The summed E-state index contributed by atoms with van der Waals surface area (Å²) in [6.45, 7) is 0. The number of methoxy groups -OCH3 is 1. The molecule has 0 aliphatic carbocycles. The summed E-state index contributed by atoms with van der Waals surface area (Å²) in [6, 6.07) is 3.77. The number of benzene rings is 1. The molecule has 0 radical (unpaired) electrons. The summed E-state index contributed by atoms with van der Waals surface area (Å²) >= 11 is 0. The highest BCUT2D eigenvalue weighted by atomic mass is 19.1. The molecular weight excluding hydrogens is 215 g/mol. The minimum absolute atomic E-state index is 0.0434. The third kappa shape index (κ3) is 1.65. The third-order valence-electron chi connectivity index (χ3n) is 2.01. The van der Waals surface area contributed by atoms with Crippen LogP contribution in [0.25, 0.3) is 10.9 Å². The fourth-order valence-corrected chi connectivity index (χ4v) is 1.32. The van der Waals surface area contributed by atoms with Crippen LogP contribution in [0.1, 0.15) is 10.6 Å². The van der Waals surface area contributed by atoms with Crippen LogP contribution in [0.5, 0.6) is 5.88 Å². The van der Waals surface area contributed by atoms with Crippen LogP contribution in [0, 0.1) is 5.82 Å². The molecule has 2 aromatic rings. The van der Waals surface area contributed by atoms with Crippen LogP contribution in [0.2, 0.25) is 0 Å². The fourth-order valence-electron chi connectivity index (χ4n) is 1.32. The molecule has 1 aromatic carbocycles. The van der Waals surface area contributed by atoms with Gasteiger partial charge in [-0.2, -0.15) is 4.98 Å². The second kappa shape index (κ2) is 3.73. The molecule has 5 nitrogen and oxygen atoms in total. The van der Waals surface area contributed by atoms with E-state index in [1.54, 1.807) is 0 Å². The number of hydrogen-bond donors (Lipinski definition) is 1. The Morgan fingerprint density at radius 2 is 2.19 bits per heavy atom. The number of aromatic carboxylic acids is 1. The smallest absolute Gasteiger partial charge is 0.374 e. The molecule has 82 valence electrons. The van der Waals surface area contributed by atoms with Crippen molar-refractivity contribution in [1.82, 2.24) is 9.97 Å². The Morgan fingerprint density at radius 3 is 2.81 bits per heavy atom. The molecule has 0 spiro atoms. The maximum atomic E-state index is 13.0. The molecule has 16 heavy (non-hydrogen) atoms. The Kier molecular flexibility index (Phi) is 2.40. The monoisotopic (exact) mass is 222 g/mol. The number of carboxylic acid groups (broad SMARTS) is 1. The van der Waals surface area contributed by atoms with Gasteiger partial charge in [-0.3, -0.25) is 0 Å². The molecule has 0 bridgehead atoms. The average Bonchev–Trinajstić information content (AvgIpc) is 2.27. The van der Waals surface area contributed by atoms with Gasteiger partial charge in [-0.1, -0.05) is 0 Å². The van der Waals surface area contributed by atoms with Crippen molar-refractivity contribution in [2.45, 2.75) is 0 Å². The predicted molar refractivity (Wildman–Crippen MR) is 53.0 cm³/mol. The van der Waals surface area contributed by atoms with E-state index in [1.807, 2.05) is 0 Å². The summed E-state index contributed by atoms with van der Waals surface area (Å²) in [4.78, 5) is 18.2. The van der Waals surface area contributed by atoms with Crippen molar-refractivity contribution < 1.29 is 19.0 Å². The van der Waals surface area contributed by atoms with Crippen molar-refractivity contribution in [3.63, 3.8) is 0 Å². The average molecular weight is 222 g/mol. The Balaban J connectivity index is 2.78. The van der Waals surface area contributed by atoms with E-state index in [1.165, 1.54) is 25.3 Å². The number of carbonyl (C=O) groups is 1. The minimum atomic E-state index is -1.26. The normalized spacial score (nSPS) is 10.4. The van der Waals surface area contributed by atoms with Gasteiger partial charge >= 0.3 is 5.97 Å². The lowest BCUT2D eigenvalue weighted by Crippen LogP contribution is -2.06. The Bertz CT molecular complexity index is 571. The van der Waals surface area contributed by atoms with Gasteiger partial charge in [0.05, 0.1) is 18.0 Å². The van der Waals surface area contributed by atoms with Crippen molar-refractivity contribution in [2.24, 2.45) is 0 Å². The first-order chi connectivity index (χ1) is 7.61. The van der Waals surface area contributed by atoms with Crippen LogP contribution in [0.15, 0.2) is 18.2 Å². The maximum Gasteiger partial charge on any atom is 0.374 e. The first-order valence-electron chi connectivity index (χ1n) is 4.36. The van der Waals surface area contributed by atoms with Crippen molar-refractivity contribution in [3.8, 4) is 5.88 Å². The van der Waals surface area contributed by atoms with Gasteiger partial charge in [0, 0.05) is 0 Å². The van der Waals surface area contributed by atoms with E-state index in [2.05, 4.69) is 9.97 Å². The van der Waals surface area contributed by atoms with E-state index < -0.39 is 11.8 Å². The number of fused-ring (bicyclic) bond motifs is 1. The highest BCUT2D eigenvalue weighted by molar-refractivity contribution is 5.90. The van der Waals surface area contributed by atoms with Crippen LogP contribution < -0.4 is 4.74 Å². The van der Waals surface area contributed by atoms with E-state index in [4.69, 9.17) is 9.84 Å². The molecule has 2 rings (SSSR count). The lowest BCUT2D eigenvalue weighted by Gasteiger charge is -2.04. The number of hydrogen-bond acceptors (Lipinski definition) is 4. The number of nitrogens with zero attached hydrogens (tertiary/aromatic N) is 2. The van der Waals surface area contributed by atoms with E-state index in [9.17, 15) is 9.18 Å². The van der Waals surface area contributed by atoms with Gasteiger partial charge in [-0.25, -0.2) is 14.2 Å². The Hall–Kier alpha value is -2.24. The quantitative estimate of drug-likeness (QED) is 0.833. The van der Waals surface area contributed by atoms with Crippen molar-refractivity contribution in [2.75, 3.05) is 7.11 Å². The highest BCUT2D eigenvalue weighted by Crippen LogP contribution is 2.22. The summed E-state index contributed by atoms with van der Waals surface area (Å²) in [5.74, 6) is -2.06. The van der Waals surface area contributed by atoms with E-state index in [-0.39, 0.29) is 11.7 Å². The lowest BCUT2D eigenvalue weighted by molar-refractivity contribution is 0.0683. The second-order valence-corrected chi connectivity index (χ2v) is 3.02. The summed E-state index contributed by atoms with van der Waals surface area (Å²) < 4.78 is 17.9. The zero-order chi connectivity index (χ0) is 11.7. The molecule has 0 atom stereocenters. The molecule has 6 heteroatoms. The zero-order valence-electron chi connectivity index (χ0n) is 8.27. The molecule has 0 aliphatic rings. The summed E-state index contributed by atoms with van der Waals surface area (Å²) in [6.07, 6.45) is 0. The predicted octanol–water partition coefficient (Wildman–Crippen LogP) is 1.48. The SMILES string of the molecule is COc1nc(C(=O)O)nc2ccc(F)cc12. The first kappa shape index (κ1) is 10.3. The van der Waals surface area contributed by atoms with Crippen molar-refractivity contribution in [1.29, 1.82) is 0 Å². The number of aromatic nitrogens is 2. The van der Waals surface area contributed by atoms with Crippen molar-refractivity contribution >= 4 is 16.9 Å². The van der Waals surface area contributed by atoms with Gasteiger partial charge in [0.2, 0.25) is 11.7 Å². The van der Waals surface area contributed by atoms with Crippen LogP contribution in [-0.2, 0) is 0 Å². The Labute approximate surface area is 89.5 Å². The molecule has 1 aromatic heterocycles. The lowest BCUT2D eigenvalue weighted by atomic mass is 10.2. The molecule has 1 heterocycles. The topological polar surface area (TPSA) is 72.3 Å². The zero-order valence-corrected chi connectivity index (χ0v) is 8.27. The molecule has 0 fully saturated rings. The van der Waals surface area contributed by atoms with E-state index in [0.29, 0.717) is 10.9 Å². The fraction of sp³-hybridized carbons (Fsp3) is 0.100. The molecule has 0 aliphatic heterocycles. The summed E-state index contributed by atoms with van der Waals surface area (Å²) in [5.41, 5.74) is 0.325. The molecule has 0 unspecified atom stereocenters. The van der Waals surface area contributed by atoms with Gasteiger partial charge in [-0.05, 0) is 18.2 Å². The number of halogens is 1. The van der Waals surface area contributed by atoms with Crippen LogP contribution in [0.4, 0.5) is 4.39 Å². The van der Waals surface area contributed by atoms with Gasteiger partial charge in [0.15, 0.2) is 0 Å². The molecule has 0 saturated heterocycles. The number of ether oxygens (including phenoxy) is 1. The maximum absolute atomic E-state index is 13.0. The first-order valence-corrected chi connectivity index (χ1v) is 4.36. The van der Waals surface area contributed by atoms with Crippen LogP contribution in [0.3, 0.4) is 0 Å². The van der Waals surface area contributed by atoms with Crippen LogP contribution >= 0.6 is 0 Å². The van der Waals surface area contributed by atoms with Crippen LogP contribution in [-0.4, -0.2) is 28.2 Å². The van der Waals surface area contributed by atoms with Gasteiger partial charge in [0.1, 0.15) is 5.82 Å². The molecule has 0 amide bonds. The number of rotatable bonds is 2. The van der Waals surface area contributed by atoms with Gasteiger partial charge < -0.3 is 9.84 Å². The standard InChI is InChI=1S/C10H7FN2O3/c1-16-9-6-4-5(11)2-3-7(6)12-8(13-9)10(14)15/h2-4H,1H3,(H,14,15). The largest absolute Gasteiger partial charge is 0.480 e. The second-order valence-electron chi connectivity index (χ2n) is 3.02. The molecule has 1 N–H and O–H groups in total. The molecule has 0 saturated carbocycles. The van der Waals surface area contributed by atoms with Gasteiger partial charge in [0.25, 0.3) is 0 Å². The molecular formula is C10H7FN2O3. The van der Waals surface area contributed by atoms with Crippen molar-refractivity contribution in [3.05, 3.63) is 29.8 Å². The Morgan fingerprint density at radius 1 is 1.44 bits per heavy atom. The van der Waals surface area contributed by atoms with E-state index in [0.717, 1.165) is 0 Å². The van der Waals surface area contributed by atoms with Gasteiger partial charge in [-0.15, -0.1) is 0 Å². The summed E-state index contributed by atoms with van der Waals surface area (Å²) in [7, 11) is 1.33. The minimum Gasteiger partial charge on any atom is -0.480 e. The summed E-state index contributed by atoms with van der Waals surface area (Å²) in [5, 5.41) is 9.10.